The molecule has 2 nitrogen and oxygen atoms in total. The summed E-state index contributed by atoms with van der Waals surface area (Å²) in [6.07, 6.45) is 4.25. The average Bonchev–Trinajstić information content (AvgIpc) is 2.92. The van der Waals surface area contributed by atoms with Crippen LogP contribution in [0.1, 0.15) is 83.1 Å². The zero-order valence-corrected chi connectivity index (χ0v) is 32.8. The summed E-state index contributed by atoms with van der Waals surface area (Å²) < 4.78 is 64.1. The van der Waals surface area contributed by atoms with E-state index < -0.39 is 18.8 Å². The van der Waals surface area contributed by atoms with Crippen molar-refractivity contribution in [3.63, 3.8) is 0 Å². The van der Waals surface area contributed by atoms with Crippen molar-refractivity contribution in [2.24, 2.45) is 0 Å². The third kappa shape index (κ3) is 10.1. The van der Waals surface area contributed by atoms with Crippen molar-refractivity contribution < 1.29 is 29.7 Å². The molecule has 0 atom stereocenters. The molecule has 1 aromatic heterocycles. The maximum absolute atomic E-state index is 10.7. The fourth-order valence-electron chi connectivity index (χ4n) is 4.79. The van der Waals surface area contributed by atoms with Crippen LogP contribution in [0.15, 0.2) is 18.5 Å². The number of hydrogen-bond donors (Lipinski definition) is 0. The number of hydrogen-bond acceptors (Lipinski definition) is 0. The Balaban J connectivity index is 0.00000101. The number of nitrogens with zero attached hydrogens (tertiary/aromatic N) is 2. The van der Waals surface area contributed by atoms with Gasteiger partial charge in [0.25, 0.3) is 0 Å². The van der Waals surface area contributed by atoms with Gasteiger partial charge in [0.1, 0.15) is 0 Å². The zero-order chi connectivity index (χ0) is 32.4. The summed E-state index contributed by atoms with van der Waals surface area (Å²) in [6, 6.07) is 4.11. The zero-order valence-electron chi connectivity index (χ0n) is 25.2. The third-order valence-corrected chi connectivity index (χ3v) is 33.0. The van der Waals surface area contributed by atoms with Crippen LogP contribution < -0.4 is 4.57 Å². The first kappa shape index (κ1) is 39.2. The molecular weight excluding hydrogens is 764 g/mol. The Hall–Kier alpha value is 1.18. The second-order valence-electron chi connectivity index (χ2n) is 14.2. The van der Waals surface area contributed by atoms with Gasteiger partial charge in [-0.1, -0.05) is 0 Å². The van der Waals surface area contributed by atoms with Crippen LogP contribution >= 0.6 is 42.0 Å². The normalized spacial score (nSPS) is 16.3. The van der Waals surface area contributed by atoms with E-state index in [-0.39, 0.29) is 20.6 Å². The molecule has 0 amide bonds. The van der Waals surface area contributed by atoms with E-state index in [1.165, 1.54) is 0 Å². The summed E-state index contributed by atoms with van der Waals surface area (Å²) >= 11 is 20.6. The molecule has 0 unspecified atom stereocenters. The Kier molecular flexibility index (Phi) is 10.7. The van der Waals surface area contributed by atoms with Gasteiger partial charge in [0, 0.05) is 0 Å². The third-order valence-electron chi connectivity index (χ3n) is 6.95. The number of rotatable bonds is 4. The van der Waals surface area contributed by atoms with Gasteiger partial charge in [0.05, 0.1) is 0 Å². The molecule has 236 valence electrons. The van der Waals surface area contributed by atoms with E-state index in [9.17, 15) is 25.2 Å². The van der Waals surface area contributed by atoms with Crippen LogP contribution in [0.4, 0.5) is 25.2 Å². The SMILES string of the molecule is CC(C)(C)P(=[Se])(Cn1c[n+](CP(=[Se])(C(C)(C)C)C(C)(C)C)c2cc(Cl)c(Cl)cc21)C(C)(C)C.F[P-](F)(F)(F)(F)F. The minimum atomic E-state index is -10.7. The Labute approximate surface area is 261 Å². The summed E-state index contributed by atoms with van der Waals surface area (Å²) in [4.78, 5) is 0. The van der Waals surface area contributed by atoms with Crippen LogP contribution in [-0.2, 0) is 12.6 Å². The summed E-state index contributed by atoms with van der Waals surface area (Å²) in [5.74, 6) is 0. The number of fused-ring (bicyclic) bond motifs is 1. The molecule has 1 aromatic carbocycles. The van der Waals surface area contributed by atoms with E-state index in [0.29, 0.717) is 10.0 Å². The maximum atomic E-state index is 9.87. The summed E-state index contributed by atoms with van der Waals surface area (Å²) in [5, 5.41) is 1.93. The average molecular weight is 807 g/mol. The van der Waals surface area contributed by atoms with Crippen molar-refractivity contribution in [1.82, 2.24) is 4.57 Å². The van der Waals surface area contributed by atoms with Gasteiger partial charge in [-0.2, -0.15) is 0 Å². The predicted octanol–water partition coefficient (Wildman–Crippen LogP) is 11.9. The van der Waals surface area contributed by atoms with Crippen LogP contribution in [0.3, 0.4) is 0 Å². The van der Waals surface area contributed by atoms with Crippen LogP contribution in [0, 0.1) is 0 Å². The first-order chi connectivity index (χ1) is 16.9. The quantitative estimate of drug-likeness (QED) is 0.126. The number of imidazole rings is 1. The molecular formula is C25H43Cl2F6N2P3Se2. The molecule has 2 rings (SSSR count). The molecule has 15 heteroatoms. The summed E-state index contributed by atoms with van der Waals surface area (Å²) in [7, 11) is -10.7. The van der Waals surface area contributed by atoms with Crippen molar-refractivity contribution in [3.05, 3.63) is 28.5 Å². The molecule has 0 saturated carbocycles. The molecule has 0 aliphatic carbocycles. The van der Waals surface area contributed by atoms with Crippen molar-refractivity contribution >= 4 is 83.3 Å². The van der Waals surface area contributed by atoms with Crippen molar-refractivity contribution in [2.45, 2.75) is 116 Å². The molecule has 40 heavy (non-hydrogen) atoms. The van der Waals surface area contributed by atoms with E-state index in [4.69, 9.17) is 23.2 Å². The first-order valence-electron chi connectivity index (χ1n) is 12.5. The van der Waals surface area contributed by atoms with Crippen molar-refractivity contribution in [2.75, 3.05) is 0 Å². The van der Waals surface area contributed by atoms with Crippen LogP contribution in [0.5, 0.6) is 0 Å². The minimum absolute atomic E-state index is 0.176. The standard InChI is InChI=1S/C25H43Cl2N2P2Se2.F6P/c1-22(2,3)30(32,23(4,5)6)16-28-15-29(21-14-19(27)18(26)13-20(21)28)17-31(33,24(7,8)9)25(10,11)12;1-7(2,3,4,5)6/h13-15H,16-17H2,1-12H3;/q+1;-1. The molecule has 0 fully saturated rings. The van der Waals surface area contributed by atoms with Gasteiger partial charge < -0.3 is 0 Å². The van der Waals surface area contributed by atoms with Gasteiger partial charge in [-0.15, -0.1) is 0 Å². The van der Waals surface area contributed by atoms with E-state index in [0.717, 1.165) is 23.6 Å². The molecule has 0 bridgehead atoms. The van der Waals surface area contributed by atoms with Crippen LogP contribution in [-0.4, -0.2) is 55.4 Å². The summed E-state index contributed by atoms with van der Waals surface area (Å²) in [5.41, 5.74) is -0.768. The second-order valence-corrected chi connectivity index (χ2v) is 33.7. The van der Waals surface area contributed by atoms with Gasteiger partial charge in [0.15, 0.2) is 0 Å². The van der Waals surface area contributed by atoms with Gasteiger partial charge in [-0.3, -0.25) is 0 Å². The number of halogens is 8. The molecule has 2 aromatic rings. The van der Waals surface area contributed by atoms with Gasteiger partial charge in [-0.25, -0.2) is 0 Å². The van der Waals surface area contributed by atoms with E-state index >= 15 is 0 Å². The fourth-order valence-corrected chi connectivity index (χ4v) is 13.7. The second kappa shape index (κ2) is 10.9. The molecule has 0 N–H and O–H groups in total. The van der Waals surface area contributed by atoms with Crippen LogP contribution in [0.2, 0.25) is 10.0 Å². The first-order valence-corrected chi connectivity index (χ1v) is 23.7. The Bertz CT molecular complexity index is 1230. The van der Waals surface area contributed by atoms with Crippen LogP contribution in [0.25, 0.3) is 11.0 Å². The topological polar surface area (TPSA) is 8.81 Å². The number of benzene rings is 1. The van der Waals surface area contributed by atoms with Gasteiger partial charge in [0.2, 0.25) is 0 Å². The van der Waals surface area contributed by atoms with Crippen molar-refractivity contribution in [1.29, 1.82) is 0 Å². The van der Waals surface area contributed by atoms with E-state index in [1.54, 1.807) is 0 Å². The summed E-state index contributed by atoms with van der Waals surface area (Å²) in [6.45, 7) is 28.5. The monoisotopic (exact) mass is 808 g/mol. The van der Waals surface area contributed by atoms with Gasteiger partial charge >= 0.3 is 262 Å². The fraction of sp³-hybridized carbons (Fsp3) is 0.720. The van der Waals surface area contributed by atoms with Gasteiger partial charge in [-0.05, 0) is 0 Å². The Morgan fingerprint density at radius 2 is 1.02 bits per heavy atom. The van der Waals surface area contributed by atoms with E-state index in [1.807, 2.05) is 0 Å². The predicted molar refractivity (Wildman–Crippen MR) is 170 cm³/mol. The Morgan fingerprint density at radius 3 is 1.35 bits per heavy atom. The van der Waals surface area contributed by atoms with E-state index in [2.05, 4.69) is 141 Å². The molecule has 0 spiro atoms. The molecule has 0 saturated heterocycles. The molecule has 0 radical (unpaired) electrons. The Morgan fingerprint density at radius 1 is 0.700 bits per heavy atom. The van der Waals surface area contributed by atoms with Crippen molar-refractivity contribution in [3.8, 4) is 0 Å². The number of aromatic nitrogens is 2. The molecule has 0 aliphatic heterocycles. The molecule has 1 heterocycles. The molecule has 0 aliphatic rings.